The minimum Gasteiger partial charge on any atom is -0.377 e. The molecule has 0 aliphatic carbocycles. The number of rotatable bonds is 15. The molecule has 0 spiro atoms. The van der Waals surface area contributed by atoms with Gasteiger partial charge in [-0.25, -0.2) is 4.57 Å². The van der Waals surface area contributed by atoms with Crippen molar-refractivity contribution in [2.24, 2.45) is 5.41 Å². The Morgan fingerprint density at radius 3 is 1.45 bits per heavy atom. The molecule has 0 aromatic rings. The van der Waals surface area contributed by atoms with Gasteiger partial charge in [0.05, 0.1) is 51.7 Å². The van der Waals surface area contributed by atoms with E-state index in [1.807, 2.05) is 0 Å². The lowest BCUT2D eigenvalue weighted by molar-refractivity contribution is -0.0805. The predicted octanol–water partition coefficient (Wildman–Crippen LogP) is 1.69. The Hall–Kier alpha value is -0.790. The Morgan fingerprint density at radius 2 is 1.18 bits per heavy atom. The van der Waals surface area contributed by atoms with Crippen LogP contribution < -0.4 is 0 Å². The second kappa shape index (κ2) is 11.7. The van der Waals surface area contributed by atoms with Gasteiger partial charge >= 0.3 is 7.82 Å². The fourth-order valence-electron chi connectivity index (χ4n) is 1.55. The average molecular weight is 336 g/mol. The van der Waals surface area contributed by atoms with E-state index in [4.69, 9.17) is 24.0 Å². The van der Waals surface area contributed by atoms with E-state index in [0.29, 0.717) is 19.8 Å². The molecule has 0 rings (SSSR count). The first-order valence-corrected chi connectivity index (χ1v) is 8.18. The Balaban J connectivity index is 4.89. The van der Waals surface area contributed by atoms with Crippen LogP contribution in [0.3, 0.4) is 0 Å². The zero-order valence-corrected chi connectivity index (χ0v) is 13.6. The molecule has 0 bridgehead atoms. The van der Waals surface area contributed by atoms with Gasteiger partial charge in [-0.1, -0.05) is 18.2 Å². The van der Waals surface area contributed by atoms with E-state index in [1.165, 1.54) is 0 Å². The smallest absolute Gasteiger partial charge is 0.377 e. The van der Waals surface area contributed by atoms with E-state index in [0.717, 1.165) is 0 Å². The highest BCUT2D eigenvalue weighted by Gasteiger charge is 2.35. The SMILES string of the molecule is C=CCOCC(COCC=C)(COCC=C)COP(=O)(O)O. The standard InChI is InChI=1S/C14H25O7P/c1-4-7-18-10-14(11-19-8-5-2,12-20-9-6-3)13-21-22(15,16)17/h4-6H,1-3,7-13H2,(H2,15,16,17). The van der Waals surface area contributed by atoms with Crippen LogP contribution in [0.15, 0.2) is 38.0 Å². The first kappa shape index (κ1) is 21.2. The van der Waals surface area contributed by atoms with Gasteiger partial charge in [0.2, 0.25) is 0 Å². The highest BCUT2D eigenvalue weighted by molar-refractivity contribution is 7.46. The fraction of sp³-hybridized carbons (Fsp3) is 0.571. The lowest BCUT2D eigenvalue weighted by Gasteiger charge is -2.32. The maximum atomic E-state index is 11.0. The summed E-state index contributed by atoms with van der Waals surface area (Å²) >= 11 is 0. The normalized spacial score (nSPS) is 12.1. The molecule has 0 fully saturated rings. The predicted molar refractivity (Wildman–Crippen MR) is 83.5 cm³/mol. The number of hydrogen-bond donors (Lipinski definition) is 2. The molecule has 0 saturated heterocycles. The van der Waals surface area contributed by atoms with Crippen LogP contribution >= 0.6 is 7.82 Å². The van der Waals surface area contributed by atoms with Crippen LogP contribution in [-0.4, -0.2) is 56.0 Å². The van der Waals surface area contributed by atoms with Crippen molar-refractivity contribution in [1.82, 2.24) is 0 Å². The van der Waals surface area contributed by atoms with Gasteiger partial charge < -0.3 is 24.0 Å². The zero-order chi connectivity index (χ0) is 16.9. The molecule has 0 heterocycles. The Morgan fingerprint density at radius 1 is 0.818 bits per heavy atom. The molecule has 2 N–H and O–H groups in total. The van der Waals surface area contributed by atoms with Crippen molar-refractivity contribution in [3.05, 3.63) is 38.0 Å². The molecule has 0 aliphatic heterocycles. The van der Waals surface area contributed by atoms with Crippen LogP contribution in [0.2, 0.25) is 0 Å². The number of ether oxygens (including phenoxy) is 3. The first-order chi connectivity index (χ1) is 10.4. The summed E-state index contributed by atoms with van der Waals surface area (Å²) in [6.07, 6.45) is 4.72. The lowest BCUT2D eigenvalue weighted by atomic mass is 9.92. The van der Waals surface area contributed by atoms with Gasteiger partial charge in [-0.3, -0.25) is 4.52 Å². The molecule has 0 amide bonds. The number of phosphoric ester groups is 1. The van der Waals surface area contributed by atoms with E-state index in [-0.39, 0.29) is 26.4 Å². The third-order valence-corrected chi connectivity index (χ3v) is 2.94. The molecule has 0 atom stereocenters. The minimum atomic E-state index is -4.61. The summed E-state index contributed by atoms with van der Waals surface area (Å²) < 4.78 is 31.8. The summed E-state index contributed by atoms with van der Waals surface area (Å²) in [6, 6.07) is 0. The molecule has 8 heteroatoms. The largest absolute Gasteiger partial charge is 0.469 e. The van der Waals surface area contributed by atoms with Gasteiger partial charge in [0, 0.05) is 0 Å². The van der Waals surface area contributed by atoms with E-state index >= 15 is 0 Å². The monoisotopic (exact) mass is 336 g/mol. The average Bonchev–Trinajstić information content (AvgIpc) is 2.45. The van der Waals surface area contributed by atoms with Crippen LogP contribution in [-0.2, 0) is 23.3 Å². The second-order valence-corrected chi connectivity index (χ2v) is 5.91. The molecule has 0 saturated carbocycles. The van der Waals surface area contributed by atoms with E-state index in [2.05, 4.69) is 24.3 Å². The third kappa shape index (κ3) is 10.9. The summed E-state index contributed by atoms with van der Waals surface area (Å²) in [6.45, 7) is 11.6. The maximum absolute atomic E-state index is 11.0. The van der Waals surface area contributed by atoms with Gasteiger partial charge in [0.25, 0.3) is 0 Å². The lowest BCUT2D eigenvalue weighted by Crippen LogP contribution is -2.41. The summed E-state index contributed by atoms with van der Waals surface area (Å²) in [7, 11) is -4.61. The molecule has 0 aromatic heterocycles. The van der Waals surface area contributed by atoms with Crippen molar-refractivity contribution in [3.63, 3.8) is 0 Å². The van der Waals surface area contributed by atoms with Crippen molar-refractivity contribution < 1.29 is 33.1 Å². The van der Waals surface area contributed by atoms with Crippen LogP contribution in [0.25, 0.3) is 0 Å². The molecule has 0 radical (unpaired) electrons. The first-order valence-electron chi connectivity index (χ1n) is 6.65. The molecule has 128 valence electrons. The van der Waals surface area contributed by atoms with E-state index in [1.54, 1.807) is 18.2 Å². The maximum Gasteiger partial charge on any atom is 0.469 e. The van der Waals surface area contributed by atoms with Crippen LogP contribution in [0.1, 0.15) is 0 Å². The quantitative estimate of drug-likeness (QED) is 0.267. The van der Waals surface area contributed by atoms with Gasteiger partial charge in [0.15, 0.2) is 0 Å². The highest BCUT2D eigenvalue weighted by atomic mass is 31.2. The topological polar surface area (TPSA) is 94.5 Å². The summed E-state index contributed by atoms with van der Waals surface area (Å²) in [5.74, 6) is 0. The Kier molecular flexibility index (Phi) is 11.3. The minimum absolute atomic E-state index is 0.132. The highest BCUT2D eigenvalue weighted by Crippen LogP contribution is 2.38. The summed E-state index contributed by atoms with van der Waals surface area (Å²) in [5.41, 5.74) is -0.865. The van der Waals surface area contributed by atoms with Gasteiger partial charge in [0.1, 0.15) is 0 Å². The molecule has 0 aromatic carbocycles. The number of phosphoric acid groups is 1. The zero-order valence-electron chi connectivity index (χ0n) is 12.7. The van der Waals surface area contributed by atoms with Crippen molar-refractivity contribution in [3.8, 4) is 0 Å². The molecular weight excluding hydrogens is 311 g/mol. The van der Waals surface area contributed by atoms with E-state index in [9.17, 15) is 4.57 Å². The van der Waals surface area contributed by atoms with Gasteiger partial charge in [-0.2, -0.15) is 0 Å². The second-order valence-electron chi connectivity index (χ2n) is 4.68. The summed E-state index contributed by atoms with van der Waals surface area (Å²) in [5, 5.41) is 0. The Bertz CT molecular complexity index is 341. The molecule has 0 aliphatic rings. The van der Waals surface area contributed by atoms with Crippen molar-refractivity contribution in [2.45, 2.75) is 0 Å². The van der Waals surface area contributed by atoms with Crippen molar-refractivity contribution >= 4 is 7.82 Å². The van der Waals surface area contributed by atoms with E-state index < -0.39 is 13.2 Å². The fourth-order valence-corrected chi connectivity index (χ4v) is 1.99. The van der Waals surface area contributed by atoms with Crippen LogP contribution in [0, 0.1) is 5.41 Å². The van der Waals surface area contributed by atoms with Gasteiger partial charge in [-0.15, -0.1) is 19.7 Å². The molecule has 22 heavy (non-hydrogen) atoms. The molecular formula is C14H25O7P. The van der Waals surface area contributed by atoms with Crippen molar-refractivity contribution in [2.75, 3.05) is 46.2 Å². The van der Waals surface area contributed by atoms with Crippen LogP contribution in [0.4, 0.5) is 0 Å². The molecule has 0 unspecified atom stereocenters. The molecule has 7 nitrogen and oxygen atoms in total. The van der Waals surface area contributed by atoms with Crippen LogP contribution in [0.5, 0.6) is 0 Å². The number of hydrogen-bond acceptors (Lipinski definition) is 5. The third-order valence-electron chi connectivity index (χ3n) is 2.47. The van der Waals surface area contributed by atoms with Crippen molar-refractivity contribution in [1.29, 1.82) is 0 Å². The van der Waals surface area contributed by atoms with Gasteiger partial charge in [-0.05, 0) is 0 Å². The summed E-state index contributed by atoms with van der Waals surface area (Å²) in [4.78, 5) is 17.8. The Labute approximate surface area is 131 Å².